The molecule has 2 saturated heterocycles. The van der Waals surface area contributed by atoms with Crippen molar-refractivity contribution in [3.63, 3.8) is 0 Å². The van der Waals surface area contributed by atoms with E-state index >= 15 is 0 Å². The van der Waals surface area contributed by atoms with Crippen LogP contribution in [0.25, 0.3) is 0 Å². The maximum absolute atomic E-state index is 12.5. The first-order valence-electron chi connectivity index (χ1n) is 10.2. The Kier molecular flexibility index (Phi) is 5.81. The van der Waals surface area contributed by atoms with Crippen molar-refractivity contribution in [1.29, 1.82) is 0 Å². The molecule has 1 N–H and O–H groups in total. The first-order valence-corrected chi connectivity index (χ1v) is 10.2. The van der Waals surface area contributed by atoms with Crippen molar-refractivity contribution < 1.29 is 4.79 Å². The number of hydrogen-bond acceptors (Lipinski definition) is 6. The number of pyridine rings is 1. The van der Waals surface area contributed by atoms with Crippen LogP contribution in [-0.2, 0) is 4.79 Å². The van der Waals surface area contributed by atoms with Crippen LogP contribution in [0.5, 0.6) is 0 Å². The van der Waals surface area contributed by atoms with Gasteiger partial charge in [-0.15, -0.1) is 0 Å². The molecule has 2 aliphatic heterocycles. The number of hydrogen-bond donors (Lipinski definition) is 1. The quantitative estimate of drug-likeness (QED) is 0.860. The third-order valence-electron chi connectivity index (χ3n) is 5.55. The van der Waals surface area contributed by atoms with E-state index in [1.165, 1.54) is 0 Å². The van der Waals surface area contributed by atoms with E-state index in [4.69, 9.17) is 4.98 Å². The molecule has 0 bridgehead atoms. The summed E-state index contributed by atoms with van der Waals surface area (Å²) in [4.78, 5) is 30.0. The summed E-state index contributed by atoms with van der Waals surface area (Å²) in [5.41, 5.74) is 3.05. The molecule has 2 fully saturated rings. The predicted molar refractivity (Wildman–Crippen MR) is 109 cm³/mol. The van der Waals surface area contributed by atoms with Crippen molar-refractivity contribution in [2.45, 2.75) is 38.5 Å². The molecule has 7 heteroatoms. The Morgan fingerprint density at radius 1 is 1.18 bits per heavy atom. The summed E-state index contributed by atoms with van der Waals surface area (Å²) in [6.07, 6.45) is 9.53. The van der Waals surface area contributed by atoms with Crippen LogP contribution in [0.1, 0.15) is 43.0 Å². The number of nitrogens with one attached hydrogen (secondary N) is 1. The summed E-state index contributed by atoms with van der Waals surface area (Å²) in [6, 6.07) is 4.13. The second-order valence-electron chi connectivity index (χ2n) is 7.80. The normalized spacial score (nSPS) is 20.3. The highest BCUT2D eigenvalue weighted by molar-refractivity contribution is 5.78. The molecule has 0 spiro atoms. The van der Waals surface area contributed by atoms with Crippen molar-refractivity contribution >= 4 is 17.4 Å². The maximum Gasteiger partial charge on any atom is 0.236 e. The Bertz CT molecular complexity index is 806. The number of piperidine rings is 1. The fraction of sp³-hybridized carbons (Fsp3) is 0.524. The van der Waals surface area contributed by atoms with Crippen molar-refractivity contribution in [2.24, 2.45) is 0 Å². The molecular formula is C21H28N6O. The molecule has 2 aromatic heterocycles. The lowest BCUT2D eigenvalue weighted by molar-refractivity contribution is -0.131. The van der Waals surface area contributed by atoms with Gasteiger partial charge in [-0.3, -0.25) is 19.7 Å². The van der Waals surface area contributed by atoms with Gasteiger partial charge in [0.2, 0.25) is 5.91 Å². The number of carbonyl (C=O) groups is 1. The van der Waals surface area contributed by atoms with Gasteiger partial charge in [-0.2, -0.15) is 0 Å². The van der Waals surface area contributed by atoms with Gasteiger partial charge in [-0.25, -0.2) is 4.98 Å². The number of likely N-dealkylation sites (tertiary alicyclic amines) is 2. The highest BCUT2D eigenvalue weighted by Crippen LogP contribution is 2.28. The summed E-state index contributed by atoms with van der Waals surface area (Å²) >= 11 is 0. The number of carbonyl (C=O) groups excluding carboxylic acids is 1. The zero-order chi connectivity index (χ0) is 19.3. The standard InChI is InChI=1S/C21H28N6O/c1-16-11-18(25-20-13-22-6-7-23-20)12-19(24-16)17-5-4-8-26(14-17)15-21(28)27-9-2-3-10-27/h6-7,11-13,17H,2-5,8-10,14-15H2,1H3,(H,23,24,25). The molecule has 0 saturated carbocycles. The molecule has 7 nitrogen and oxygen atoms in total. The number of amides is 1. The number of anilines is 2. The van der Waals surface area contributed by atoms with Gasteiger partial charge in [-0.1, -0.05) is 0 Å². The van der Waals surface area contributed by atoms with Crippen LogP contribution >= 0.6 is 0 Å². The van der Waals surface area contributed by atoms with Crippen LogP contribution in [0.4, 0.5) is 11.5 Å². The number of aryl methyl sites for hydroxylation is 1. The Balaban J connectivity index is 1.43. The van der Waals surface area contributed by atoms with Crippen LogP contribution in [0.15, 0.2) is 30.7 Å². The molecule has 2 aliphatic rings. The van der Waals surface area contributed by atoms with Gasteiger partial charge in [0.05, 0.1) is 12.7 Å². The molecule has 148 valence electrons. The van der Waals surface area contributed by atoms with Crippen molar-refractivity contribution in [3.8, 4) is 0 Å². The van der Waals surface area contributed by atoms with Crippen LogP contribution in [0.3, 0.4) is 0 Å². The predicted octanol–water partition coefficient (Wildman–Crippen LogP) is 2.73. The topological polar surface area (TPSA) is 74.2 Å². The van der Waals surface area contributed by atoms with Gasteiger partial charge in [0.15, 0.2) is 0 Å². The largest absolute Gasteiger partial charge is 0.342 e. The highest BCUT2D eigenvalue weighted by Gasteiger charge is 2.26. The molecule has 1 amide bonds. The van der Waals surface area contributed by atoms with E-state index in [0.717, 1.165) is 74.8 Å². The van der Waals surface area contributed by atoms with Gasteiger partial charge in [-0.05, 0) is 51.3 Å². The minimum Gasteiger partial charge on any atom is -0.342 e. The first kappa shape index (κ1) is 18.8. The van der Waals surface area contributed by atoms with Crippen molar-refractivity contribution in [1.82, 2.24) is 24.8 Å². The summed E-state index contributed by atoms with van der Waals surface area (Å²) < 4.78 is 0. The Labute approximate surface area is 166 Å². The summed E-state index contributed by atoms with van der Waals surface area (Å²) in [5, 5.41) is 3.32. The van der Waals surface area contributed by atoms with Gasteiger partial charge in [0, 0.05) is 55.0 Å². The molecule has 0 radical (unpaired) electrons. The summed E-state index contributed by atoms with van der Waals surface area (Å²) in [5.74, 6) is 1.35. The molecule has 0 aromatic carbocycles. The van der Waals surface area contributed by atoms with Crippen LogP contribution in [0, 0.1) is 6.92 Å². The van der Waals surface area contributed by atoms with Crippen LogP contribution in [-0.4, -0.2) is 63.4 Å². The Morgan fingerprint density at radius 3 is 2.82 bits per heavy atom. The number of aromatic nitrogens is 3. The fourth-order valence-electron chi connectivity index (χ4n) is 4.19. The molecule has 1 atom stereocenters. The van der Waals surface area contributed by atoms with Gasteiger partial charge < -0.3 is 10.2 Å². The van der Waals surface area contributed by atoms with Gasteiger partial charge in [0.1, 0.15) is 5.82 Å². The number of rotatable bonds is 5. The second-order valence-corrected chi connectivity index (χ2v) is 7.80. The van der Waals surface area contributed by atoms with E-state index in [1.807, 2.05) is 17.9 Å². The lowest BCUT2D eigenvalue weighted by atomic mass is 9.93. The third-order valence-corrected chi connectivity index (χ3v) is 5.55. The minimum atomic E-state index is 0.278. The van der Waals surface area contributed by atoms with Gasteiger partial charge in [0.25, 0.3) is 0 Å². The molecule has 28 heavy (non-hydrogen) atoms. The third kappa shape index (κ3) is 4.65. The first-order chi connectivity index (χ1) is 13.7. The average Bonchev–Trinajstić information content (AvgIpc) is 3.24. The summed E-state index contributed by atoms with van der Waals surface area (Å²) in [6.45, 7) is 6.28. The van der Waals surface area contributed by atoms with E-state index in [0.29, 0.717) is 12.5 Å². The van der Waals surface area contributed by atoms with Crippen LogP contribution in [0.2, 0.25) is 0 Å². The van der Waals surface area contributed by atoms with Crippen molar-refractivity contribution in [3.05, 3.63) is 42.1 Å². The van der Waals surface area contributed by atoms with Crippen LogP contribution < -0.4 is 5.32 Å². The van der Waals surface area contributed by atoms with E-state index < -0.39 is 0 Å². The van der Waals surface area contributed by atoms with Gasteiger partial charge >= 0.3 is 0 Å². The van der Waals surface area contributed by atoms with E-state index in [1.54, 1.807) is 18.6 Å². The fourth-order valence-corrected chi connectivity index (χ4v) is 4.19. The zero-order valence-corrected chi connectivity index (χ0v) is 16.5. The summed E-state index contributed by atoms with van der Waals surface area (Å²) in [7, 11) is 0. The minimum absolute atomic E-state index is 0.278. The average molecular weight is 380 g/mol. The smallest absolute Gasteiger partial charge is 0.236 e. The van der Waals surface area contributed by atoms with E-state index in [9.17, 15) is 4.79 Å². The molecule has 0 aliphatic carbocycles. The highest BCUT2D eigenvalue weighted by atomic mass is 16.2. The SMILES string of the molecule is Cc1cc(Nc2cnccn2)cc(C2CCCN(CC(=O)N3CCCC3)C2)n1. The molecule has 4 heterocycles. The monoisotopic (exact) mass is 380 g/mol. The Morgan fingerprint density at radius 2 is 2.04 bits per heavy atom. The van der Waals surface area contributed by atoms with E-state index in [2.05, 4.69) is 26.3 Å². The molecular weight excluding hydrogens is 352 g/mol. The number of nitrogens with zero attached hydrogens (tertiary/aromatic N) is 5. The van der Waals surface area contributed by atoms with Crippen molar-refractivity contribution in [2.75, 3.05) is 38.0 Å². The Hall–Kier alpha value is -2.54. The lowest BCUT2D eigenvalue weighted by Gasteiger charge is -2.33. The zero-order valence-electron chi connectivity index (χ0n) is 16.5. The molecule has 2 aromatic rings. The maximum atomic E-state index is 12.5. The molecule has 1 unspecified atom stereocenters. The second kappa shape index (κ2) is 8.65. The molecule has 4 rings (SSSR count). The van der Waals surface area contributed by atoms with E-state index in [-0.39, 0.29) is 5.91 Å². The lowest BCUT2D eigenvalue weighted by Crippen LogP contribution is -2.43.